The Morgan fingerprint density at radius 1 is 1.06 bits per heavy atom. The molecule has 1 saturated carbocycles. The van der Waals surface area contributed by atoms with Gasteiger partial charge < -0.3 is 29.0 Å². The summed E-state index contributed by atoms with van der Waals surface area (Å²) in [4.78, 5) is 38.9. The number of carbonyl (C=O) groups excluding carboxylic acids is 1. The second-order valence-corrected chi connectivity index (χ2v) is 15.5. The van der Waals surface area contributed by atoms with Crippen LogP contribution in [0.5, 0.6) is 11.5 Å². The first kappa shape index (κ1) is 32.1. The molecule has 2 aliphatic rings. The van der Waals surface area contributed by atoms with Crippen molar-refractivity contribution < 1.29 is 27.8 Å². The van der Waals surface area contributed by atoms with E-state index in [4.69, 9.17) is 9.40 Å². The number of carbonyl (C=O) groups is 1. The Bertz CT molecular complexity index is 2230. The van der Waals surface area contributed by atoms with Crippen molar-refractivity contribution in [2.75, 3.05) is 51.4 Å². The molecular formula is C33H36N6O7S2. The average molecular weight is 693 g/mol. The van der Waals surface area contributed by atoms with E-state index in [0.717, 1.165) is 31.1 Å². The van der Waals surface area contributed by atoms with E-state index in [9.17, 15) is 28.2 Å². The number of amides is 1. The highest BCUT2D eigenvalue weighted by Gasteiger charge is 2.28. The monoisotopic (exact) mass is 692 g/mol. The van der Waals surface area contributed by atoms with Gasteiger partial charge in [-0.2, -0.15) is 4.31 Å². The van der Waals surface area contributed by atoms with Crippen LogP contribution in [0.15, 0.2) is 45.1 Å². The summed E-state index contributed by atoms with van der Waals surface area (Å²) < 4.78 is 33.9. The molecule has 252 valence electrons. The van der Waals surface area contributed by atoms with Crippen LogP contribution in [0.25, 0.3) is 32.4 Å². The molecule has 0 bridgehead atoms. The highest BCUT2D eigenvalue weighted by atomic mass is 32.2. The number of phenolic OH excluding ortho intramolecular Hbond substituents is 2. The van der Waals surface area contributed by atoms with Crippen molar-refractivity contribution in [2.24, 2.45) is 0 Å². The predicted molar refractivity (Wildman–Crippen MR) is 184 cm³/mol. The van der Waals surface area contributed by atoms with Crippen molar-refractivity contribution in [3.63, 3.8) is 0 Å². The first-order chi connectivity index (χ1) is 22.9. The number of hydrogen-bond donors (Lipinski definition) is 2. The molecular weight excluding hydrogens is 657 g/mol. The number of anilines is 1. The van der Waals surface area contributed by atoms with Gasteiger partial charge in [-0.05, 0) is 25.0 Å². The number of rotatable bonds is 7. The number of nitrogens with zero attached hydrogens (tertiary/aromatic N) is 6. The maximum atomic E-state index is 13.1. The third-order valence-corrected chi connectivity index (χ3v) is 11.5. The summed E-state index contributed by atoms with van der Waals surface area (Å²) in [6.07, 6.45) is 7.10. The quantitative estimate of drug-likeness (QED) is 0.237. The van der Waals surface area contributed by atoms with Gasteiger partial charge in [0, 0.05) is 92.5 Å². The lowest BCUT2D eigenvalue weighted by Gasteiger charge is -2.33. The Kier molecular flexibility index (Phi) is 8.16. The zero-order valence-corrected chi connectivity index (χ0v) is 28.5. The lowest BCUT2D eigenvalue weighted by atomic mass is 10.0. The topological polar surface area (TPSA) is 162 Å². The molecule has 0 radical (unpaired) electrons. The second-order valence-electron chi connectivity index (χ2n) is 12.7. The van der Waals surface area contributed by atoms with E-state index in [0.29, 0.717) is 57.5 Å². The van der Waals surface area contributed by atoms with Crippen molar-refractivity contribution in [3.8, 4) is 22.6 Å². The number of aromatic nitrogens is 3. The normalized spacial score (nSPS) is 16.4. The molecule has 5 aromatic rings. The lowest BCUT2D eigenvalue weighted by molar-refractivity contribution is 0.0815. The smallest absolute Gasteiger partial charge is 0.270 e. The largest absolute Gasteiger partial charge is 0.504 e. The van der Waals surface area contributed by atoms with Crippen molar-refractivity contribution >= 4 is 54.5 Å². The lowest BCUT2D eigenvalue weighted by Crippen LogP contribution is -2.48. The SMILES string of the molecule is CN(C)C(=O)c1cc2cnc(Cc3ccc(-c4csc5c(=O)cc(N6CCN(S(C)(=O)=O)CC6)oc45)c(O)c3O)nc2n1C1CCCC1. The zero-order valence-electron chi connectivity index (χ0n) is 26.8. The summed E-state index contributed by atoms with van der Waals surface area (Å²) in [5.74, 6) is -0.0559. The molecule has 5 heterocycles. The predicted octanol–water partition coefficient (Wildman–Crippen LogP) is 4.17. The molecule has 0 spiro atoms. The van der Waals surface area contributed by atoms with Gasteiger partial charge >= 0.3 is 0 Å². The molecule has 2 fully saturated rings. The van der Waals surface area contributed by atoms with E-state index in [1.165, 1.54) is 28.0 Å². The van der Waals surface area contributed by atoms with Crippen LogP contribution in [-0.2, 0) is 16.4 Å². The van der Waals surface area contributed by atoms with Crippen LogP contribution in [-0.4, -0.2) is 94.8 Å². The molecule has 1 amide bonds. The summed E-state index contributed by atoms with van der Waals surface area (Å²) in [7, 11) is 0.135. The number of fused-ring (bicyclic) bond motifs is 2. The van der Waals surface area contributed by atoms with Crippen LogP contribution in [0.4, 0.5) is 5.88 Å². The van der Waals surface area contributed by atoms with E-state index in [1.807, 2.05) is 15.5 Å². The minimum absolute atomic E-state index is 0.0990. The first-order valence-corrected chi connectivity index (χ1v) is 18.5. The Labute approximate surface area is 280 Å². The number of hydrogen-bond acceptors (Lipinski definition) is 11. The fourth-order valence-electron chi connectivity index (χ4n) is 6.72. The molecule has 4 aromatic heterocycles. The minimum Gasteiger partial charge on any atom is -0.504 e. The number of aromatic hydroxyl groups is 2. The van der Waals surface area contributed by atoms with Gasteiger partial charge in [0.25, 0.3) is 5.91 Å². The van der Waals surface area contributed by atoms with E-state index in [2.05, 4.69) is 4.98 Å². The van der Waals surface area contributed by atoms with E-state index in [-0.39, 0.29) is 54.0 Å². The molecule has 2 N–H and O–H groups in total. The van der Waals surface area contributed by atoms with Crippen LogP contribution in [0.1, 0.15) is 53.6 Å². The van der Waals surface area contributed by atoms with Crippen molar-refractivity contribution in [1.29, 1.82) is 0 Å². The molecule has 0 atom stereocenters. The minimum atomic E-state index is -3.32. The molecule has 1 aliphatic heterocycles. The summed E-state index contributed by atoms with van der Waals surface area (Å²) >= 11 is 1.18. The van der Waals surface area contributed by atoms with Crippen LogP contribution in [0.3, 0.4) is 0 Å². The van der Waals surface area contributed by atoms with Gasteiger partial charge in [-0.1, -0.05) is 18.9 Å². The first-order valence-electron chi connectivity index (χ1n) is 15.8. The molecule has 13 nitrogen and oxygen atoms in total. The average Bonchev–Trinajstić information content (AvgIpc) is 3.81. The standard InChI is InChI=1S/C33H36N6O7S2/c1-36(2)33(43)24-14-20-17-34-26(35-32(20)39(24)21-6-4-5-7-21)15-19-8-9-22(29(42)28(19)41)23-18-47-31-25(40)16-27(46-30(23)31)37-10-12-38(13-11-37)48(3,44)45/h8-9,14,16-18,21,41-42H,4-7,10-13,15H2,1-3H3. The zero-order chi connectivity index (χ0) is 33.9. The van der Waals surface area contributed by atoms with Gasteiger partial charge in [-0.25, -0.2) is 18.4 Å². The van der Waals surface area contributed by atoms with Gasteiger partial charge in [0.05, 0.1) is 6.26 Å². The molecule has 15 heteroatoms. The van der Waals surface area contributed by atoms with Crippen molar-refractivity contribution in [1.82, 2.24) is 23.7 Å². The summed E-state index contributed by atoms with van der Waals surface area (Å²) in [5, 5.41) is 24.9. The molecule has 1 saturated heterocycles. The van der Waals surface area contributed by atoms with E-state index in [1.54, 1.807) is 42.7 Å². The maximum Gasteiger partial charge on any atom is 0.270 e. The van der Waals surface area contributed by atoms with E-state index >= 15 is 0 Å². The van der Waals surface area contributed by atoms with Crippen molar-refractivity contribution in [3.05, 3.63) is 63.1 Å². The fourth-order valence-corrected chi connectivity index (χ4v) is 8.45. The Morgan fingerprint density at radius 2 is 1.79 bits per heavy atom. The molecule has 1 aromatic carbocycles. The summed E-state index contributed by atoms with van der Waals surface area (Å²) in [6.45, 7) is 1.25. The van der Waals surface area contributed by atoms with Gasteiger partial charge in [0.1, 0.15) is 21.9 Å². The summed E-state index contributed by atoms with van der Waals surface area (Å²) in [6, 6.07) is 6.75. The number of benzene rings is 1. The highest BCUT2D eigenvalue weighted by Crippen LogP contribution is 2.44. The Balaban J connectivity index is 1.20. The molecule has 0 unspecified atom stereocenters. The highest BCUT2D eigenvalue weighted by molar-refractivity contribution is 7.88. The maximum absolute atomic E-state index is 13.1. The van der Waals surface area contributed by atoms with Gasteiger partial charge in [0.15, 0.2) is 23.0 Å². The molecule has 7 rings (SSSR count). The number of piperazine rings is 1. The van der Waals surface area contributed by atoms with Crippen LogP contribution < -0.4 is 10.3 Å². The van der Waals surface area contributed by atoms with Gasteiger partial charge in [0.2, 0.25) is 15.5 Å². The van der Waals surface area contributed by atoms with Crippen LogP contribution in [0, 0.1) is 0 Å². The fraction of sp³-hybridized carbons (Fsp3) is 0.394. The number of sulfonamides is 1. The third-order valence-electron chi connectivity index (χ3n) is 9.26. The van der Waals surface area contributed by atoms with Crippen LogP contribution in [0.2, 0.25) is 0 Å². The number of thiophene rings is 1. The Morgan fingerprint density at radius 3 is 2.48 bits per heavy atom. The third kappa shape index (κ3) is 5.69. The number of phenols is 2. The van der Waals surface area contributed by atoms with Gasteiger partial charge in [-0.15, -0.1) is 11.3 Å². The molecule has 1 aliphatic carbocycles. The van der Waals surface area contributed by atoms with Crippen LogP contribution >= 0.6 is 11.3 Å². The molecule has 48 heavy (non-hydrogen) atoms. The summed E-state index contributed by atoms with van der Waals surface area (Å²) in [5.41, 5.74) is 2.43. The van der Waals surface area contributed by atoms with Gasteiger partial charge in [-0.3, -0.25) is 9.59 Å². The second kappa shape index (κ2) is 12.2. The van der Waals surface area contributed by atoms with Crippen molar-refractivity contribution in [2.45, 2.75) is 38.1 Å². The van der Waals surface area contributed by atoms with E-state index < -0.39 is 10.0 Å². The Hall–Kier alpha value is -4.47.